The SMILES string of the molecule is C=CC.C=CC.c1ccc(-c2cccc(-c3cccc(-c4ccc5oc6ccc(-n7c8ccccc8c8cc(-c9ccccc9)ccc87)cc6c5c4)c3)c2)cc1. The van der Waals surface area contributed by atoms with Gasteiger partial charge in [-0.2, -0.15) is 0 Å². The van der Waals surface area contributed by atoms with Gasteiger partial charge in [-0.25, -0.2) is 0 Å². The zero-order chi connectivity index (χ0) is 38.4. The summed E-state index contributed by atoms with van der Waals surface area (Å²) in [5.74, 6) is 0. The Morgan fingerprint density at radius 3 is 1.38 bits per heavy atom. The van der Waals surface area contributed by atoms with E-state index in [1.54, 1.807) is 12.2 Å². The van der Waals surface area contributed by atoms with E-state index in [1.165, 1.54) is 60.8 Å². The van der Waals surface area contributed by atoms with E-state index >= 15 is 0 Å². The first kappa shape index (κ1) is 35.8. The van der Waals surface area contributed by atoms with Crippen molar-refractivity contribution in [2.75, 3.05) is 0 Å². The van der Waals surface area contributed by atoms with Crippen LogP contribution < -0.4 is 0 Å². The van der Waals surface area contributed by atoms with Gasteiger partial charge in [0.1, 0.15) is 11.2 Å². The Kier molecular flexibility index (Phi) is 10.3. The Morgan fingerprint density at radius 1 is 0.357 bits per heavy atom. The zero-order valence-electron chi connectivity index (χ0n) is 31.8. The van der Waals surface area contributed by atoms with Gasteiger partial charge < -0.3 is 8.98 Å². The Labute approximate surface area is 328 Å². The van der Waals surface area contributed by atoms with Crippen molar-refractivity contribution < 1.29 is 4.42 Å². The molecule has 2 nitrogen and oxygen atoms in total. The molecule has 0 N–H and O–H groups in total. The molecule has 0 aliphatic rings. The minimum Gasteiger partial charge on any atom is -0.456 e. The summed E-state index contributed by atoms with van der Waals surface area (Å²) in [6.07, 6.45) is 3.50. The molecule has 2 heteroatoms. The van der Waals surface area contributed by atoms with Gasteiger partial charge >= 0.3 is 0 Å². The van der Waals surface area contributed by atoms with Crippen molar-refractivity contribution in [2.45, 2.75) is 13.8 Å². The number of hydrogen-bond donors (Lipinski definition) is 0. The van der Waals surface area contributed by atoms with Gasteiger partial charge in [0, 0.05) is 27.2 Å². The van der Waals surface area contributed by atoms with Gasteiger partial charge in [0.05, 0.1) is 11.0 Å². The maximum Gasteiger partial charge on any atom is 0.135 e. The van der Waals surface area contributed by atoms with Gasteiger partial charge in [-0.15, -0.1) is 13.2 Å². The lowest BCUT2D eigenvalue weighted by molar-refractivity contribution is 0.669. The second kappa shape index (κ2) is 16.1. The Morgan fingerprint density at radius 2 is 0.768 bits per heavy atom. The van der Waals surface area contributed by atoms with Crippen molar-refractivity contribution in [3.63, 3.8) is 0 Å². The van der Waals surface area contributed by atoms with Crippen LogP contribution in [0.25, 0.3) is 93.9 Å². The number of fused-ring (bicyclic) bond motifs is 6. The van der Waals surface area contributed by atoms with E-state index in [1.807, 2.05) is 13.8 Å². The lowest BCUT2D eigenvalue weighted by Gasteiger charge is -2.09. The van der Waals surface area contributed by atoms with Crippen LogP contribution in [-0.4, -0.2) is 4.57 Å². The molecule has 270 valence electrons. The van der Waals surface area contributed by atoms with Gasteiger partial charge in [-0.3, -0.25) is 0 Å². The van der Waals surface area contributed by atoms with E-state index in [4.69, 9.17) is 4.42 Å². The molecular formula is C54H43NO. The smallest absolute Gasteiger partial charge is 0.135 e. The number of allylic oxidation sites excluding steroid dienone is 2. The monoisotopic (exact) mass is 721 g/mol. The van der Waals surface area contributed by atoms with Crippen LogP contribution in [0.5, 0.6) is 0 Å². The van der Waals surface area contributed by atoms with E-state index in [0.717, 1.165) is 33.2 Å². The minimum atomic E-state index is 0.888. The first-order valence-electron chi connectivity index (χ1n) is 19.1. The van der Waals surface area contributed by atoms with Crippen LogP contribution in [0.15, 0.2) is 218 Å². The number of aromatic nitrogens is 1. The maximum absolute atomic E-state index is 6.39. The third-order valence-electron chi connectivity index (χ3n) is 9.99. The molecule has 56 heavy (non-hydrogen) atoms. The molecule has 0 saturated heterocycles. The molecule has 0 atom stereocenters. The molecule has 10 aromatic rings. The highest BCUT2D eigenvalue weighted by Crippen LogP contribution is 2.39. The predicted molar refractivity (Wildman–Crippen MR) is 242 cm³/mol. The van der Waals surface area contributed by atoms with Crippen LogP contribution in [0, 0.1) is 0 Å². The summed E-state index contributed by atoms with van der Waals surface area (Å²) in [4.78, 5) is 0. The number of furan rings is 1. The van der Waals surface area contributed by atoms with Gasteiger partial charge in [0.2, 0.25) is 0 Å². The number of rotatable bonds is 5. The lowest BCUT2D eigenvalue weighted by atomic mass is 9.96. The largest absolute Gasteiger partial charge is 0.456 e. The molecule has 0 amide bonds. The van der Waals surface area contributed by atoms with Crippen LogP contribution in [0.4, 0.5) is 0 Å². The first-order chi connectivity index (χ1) is 27.6. The number of benzene rings is 8. The third-order valence-corrected chi connectivity index (χ3v) is 9.99. The molecule has 8 aromatic carbocycles. The molecule has 0 fully saturated rings. The summed E-state index contributed by atoms with van der Waals surface area (Å²) in [6.45, 7) is 10.5. The van der Waals surface area contributed by atoms with Crippen molar-refractivity contribution in [3.05, 3.63) is 213 Å². The van der Waals surface area contributed by atoms with Crippen LogP contribution in [0.1, 0.15) is 13.8 Å². The first-order valence-corrected chi connectivity index (χ1v) is 19.1. The molecule has 10 rings (SSSR count). The van der Waals surface area contributed by atoms with Crippen molar-refractivity contribution in [2.24, 2.45) is 0 Å². The van der Waals surface area contributed by atoms with E-state index in [2.05, 4.69) is 206 Å². The highest BCUT2D eigenvalue weighted by molar-refractivity contribution is 6.12. The summed E-state index contributed by atoms with van der Waals surface area (Å²) < 4.78 is 8.78. The standard InChI is InChI=1S/C48H31NO.2C3H6/c1-3-11-32(12-4-1)34-15-9-16-35(27-34)36-17-10-18-37(28-36)39-22-25-47-43(30-39)44-31-40(23-26-48(44)50-47)49-45-20-8-7-19-41(45)42-29-38(21-24-46(42)49)33-13-5-2-6-14-33;2*1-3-2/h1-31H;2*3H,1H2,2H3. The fourth-order valence-corrected chi connectivity index (χ4v) is 7.53. The van der Waals surface area contributed by atoms with Gasteiger partial charge in [0.25, 0.3) is 0 Å². The van der Waals surface area contributed by atoms with Crippen molar-refractivity contribution in [1.29, 1.82) is 0 Å². The highest BCUT2D eigenvalue weighted by Gasteiger charge is 2.16. The molecule has 0 aliphatic carbocycles. The summed E-state index contributed by atoms with van der Waals surface area (Å²) in [5.41, 5.74) is 14.9. The van der Waals surface area contributed by atoms with E-state index in [9.17, 15) is 0 Å². The van der Waals surface area contributed by atoms with Crippen molar-refractivity contribution >= 4 is 43.7 Å². The molecule has 0 saturated carbocycles. The van der Waals surface area contributed by atoms with E-state index in [-0.39, 0.29) is 0 Å². The number of nitrogens with zero attached hydrogens (tertiary/aromatic N) is 1. The van der Waals surface area contributed by atoms with Crippen molar-refractivity contribution in [3.8, 4) is 50.2 Å². The Balaban J connectivity index is 0.000000694. The van der Waals surface area contributed by atoms with Crippen LogP contribution in [0.2, 0.25) is 0 Å². The average molecular weight is 722 g/mol. The van der Waals surface area contributed by atoms with Gasteiger partial charge in [0.15, 0.2) is 0 Å². The summed E-state index contributed by atoms with van der Waals surface area (Å²) in [5, 5.41) is 4.71. The predicted octanol–water partition coefficient (Wildman–Crippen LogP) is 15.7. The fourth-order valence-electron chi connectivity index (χ4n) is 7.53. The third kappa shape index (κ3) is 6.97. The second-order valence-corrected chi connectivity index (χ2v) is 13.8. The molecule has 0 radical (unpaired) electrons. The summed E-state index contributed by atoms with van der Waals surface area (Å²) in [7, 11) is 0. The normalized spacial score (nSPS) is 10.8. The quantitative estimate of drug-likeness (QED) is 0.162. The molecule has 0 unspecified atom stereocenters. The van der Waals surface area contributed by atoms with Gasteiger partial charge in [-0.05, 0) is 119 Å². The number of para-hydroxylation sites is 1. The van der Waals surface area contributed by atoms with Crippen molar-refractivity contribution in [1.82, 2.24) is 4.57 Å². The topological polar surface area (TPSA) is 18.1 Å². The fraction of sp³-hybridized carbons (Fsp3) is 0.0370. The summed E-state index contributed by atoms with van der Waals surface area (Å²) >= 11 is 0. The zero-order valence-corrected chi connectivity index (χ0v) is 31.8. The van der Waals surface area contributed by atoms with E-state index < -0.39 is 0 Å². The maximum atomic E-state index is 6.39. The van der Waals surface area contributed by atoms with Crippen LogP contribution in [-0.2, 0) is 0 Å². The molecular weight excluding hydrogens is 679 g/mol. The highest BCUT2D eigenvalue weighted by atomic mass is 16.3. The average Bonchev–Trinajstić information content (AvgIpc) is 3.79. The molecule has 0 aliphatic heterocycles. The second-order valence-electron chi connectivity index (χ2n) is 13.8. The Hall–Kier alpha value is -7.16. The van der Waals surface area contributed by atoms with Crippen LogP contribution >= 0.6 is 0 Å². The van der Waals surface area contributed by atoms with Gasteiger partial charge in [-0.1, -0.05) is 140 Å². The molecule has 0 bridgehead atoms. The minimum absolute atomic E-state index is 0.888. The molecule has 0 spiro atoms. The molecule has 2 aromatic heterocycles. The Bertz CT molecular complexity index is 2960. The van der Waals surface area contributed by atoms with E-state index in [0.29, 0.717) is 0 Å². The van der Waals surface area contributed by atoms with Crippen LogP contribution in [0.3, 0.4) is 0 Å². The lowest BCUT2D eigenvalue weighted by Crippen LogP contribution is -1.93. The number of hydrogen-bond acceptors (Lipinski definition) is 1. The molecule has 2 heterocycles. The summed E-state index contributed by atoms with van der Waals surface area (Å²) in [6, 6.07) is 67.4.